The van der Waals surface area contributed by atoms with Crippen LogP contribution in [0.15, 0.2) is 35.4 Å². The third-order valence-electron chi connectivity index (χ3n) is 4.11. The van der Waals surface area contributed by atoms with Gasteiger partial charge >= 0.3 is 0 Å². The number of pyridine rings is 1. The van der Waals surface area contributed by atoms with Crippen LogP contribution in [0.3, 0.4) is 0 Å². The van der Waals surface area contributed by atoms with Gasteiger partial charge in [0, 0.05) is 11.3 Å². The van der Waals surface area contributed by atoms with Gasteiger partial charge < -0.3 is 14.8 Å². The second kappa shape index (κ2) is 8.76. The summed E-state index contributed by atoms with van der Waals surface area (Å²) in [5.41, 5.74) is 1.25. The van der Waals surface area contributed by atoms with Gasteiger partial charge in [-0.2, -0.15) is 5.26 Å². The Labute approximate surface area is 167 Å². The fourth-order valence-electron chi connectivity index (χ4n) is 2.71. The summed E-state index contributed by atoms with van der Waals surface area (Å²) in [6.45, 7) is 3.81. The van der Waals surface area contributed by atoms with Crippen molar-refractivity contribution in [1.82, 2.24) is 10.3 Å². The van der Waals surface area contributed by atoms with Crippen LogP contribution in [-0.2, 0) is 4.79 Å². The number of nitrogens with zero attached hydrogens (tertiary/aromatic N) is 2. The summed E-state index contributed by atoms with van der Waals surface area (Å²) in [6.07, 6.45) is -0.270. The van der Waals surface area contributed by atoms with Gasteiger partial charge in [-0.15, -0.1) is 0 Å². The van der Waals surface area contributed by atoms with Gasteiger partial charge in [-0.1, -0.05) is 23.9 Å². The fourth-order valence-corrected chi connectivity index (χ4v) is 3.54. The van der Waals surface area contributed by atoms with E-state index in [1.54, 1.807) is 6.92 Å². The van der Waals surface area contributed by atoms with Crippen LogP contribution in [-0.4, -0.2) is 41.7 Å². The van der Waals surface area contributed by atoms with Crippen LogP contribution in [0.2, 0.25) is 0 Å². The summed E-state index contributed by atoms with van der Waals surface area (Å²) in [5.74, 6) is 1.11. The molecule has 144 valence electrons. The number of nitriles is 1. The van der Waals surface area contributed by atoms with Crippen LogP contribution in [0.1, 0.15) is 28.5 Å². The second-order valence-electron chi connectivity index (χ2n) is 6.23. The minimum atomic E-state index is -0.270. The highest BCUT2D eigenvalue weighted by atomic mass is 32.2. The average Bonchev–Trinajstić information content (AvgIpc) is 2.70. The fraction of sp³-hybridized carbons (Fsp3) is 0.300. The number of thioether (sulfide) groups is 1. The van der Waals surface area contributed by atoms with Crippen LogP contribution in [0, 0.1) is 18.3 Å². The third kappa shape index (κ3) is 4.61. The number of aryl methyl sites for hydroxylation is 1. The van der Waals surface area contributed by atoms with Gasteiger partial charge in [0.1, 0.15) is 23.8 Å². The molecule has 1 N–H and O–H groups in total. The van der Waals surface area contributed by atoms with E-state index in [1.165, 1.54) is 13.0 Å². The maximum atomic E-state index is 12.2. The van der Waals surface area contributed by atoms with E-state index in [9.17, 15) is 14.9 Å². The first-order valence-electron chi connectivity index (χ1n) is 8.68. The van der Waals surface area contributed by atoms with Gasteiger partial charge in [-0.3, -0.25) is 9.59 Å². The Kier molecular flexibility index (Phi) is 6.16. The van der Waals surface area contributed by atoms with Crippen molar-refractivity contribution in [3.05, 3.63) is 47.2 Å². The van der Waals surface area contributed by atoms with Crippen LogP contribution in [0.4, 0.5) is 0 Å². The number of rotatable bonds is 6. The minimum Gasteiger partial charge on any atom is -0.486 e. The molecule has 28 heavy (non-hydrogen) atoms. The van der Waals surface area contributed by atoms with Crippen molar-refractivity contribution in [2.24, 2.45) is 0 Å². The number of hydrogen-bond acceptors (Lipinski definition) is 7. The number of hydrogen-bond donors (Lipinski definition) is 1. The lowest BCUT2D eigenvalue weighted by molar-refractivity contribution is -0.119. The van der Waals surface area contributed by atoms with E-state index in [0.29, 0.717) is 40.9 Å². The SMILES string of the molecule is CC(=O)c1cc(C#N)c(SCC(=O)NCC2COc3ccccc3O2)nc1C. The number of ether oxygens (including phenoxy) is 2. The summed E-state index contributed by atoms with van der Waals surface area (Å²) < 4.78 is 11.4. The van der Waals surface area contributed by atoms with E-state index in [-0.39, 0.29) is 29.1 Å². The van der Waals surface area contributed by atoms with Crippen LogP contribution in [0.25, 0.3) is 0 Å². The summed E-state index contributed by atoms with van der Waals surface area (Å²) in [5, 5.41) is 12.5. The summed E-state index contributed by atoms with van der Waals surface area (Å²) in [7, 11) is 0. The predicted octanol–water partition coefficient (Wildman–Crippen LogP) is 2.51. The first-order chi connectivity index (χ1) is 13.5. The molecule has 1 atom stereocenters. The van der Waals surface area contributed by atoms with Crippen molar-refractivity contribution in [3.63, 3.8) is 0 Å². The number of carbonyl (C=O) groups excluding carboxylic acids is 2. The largest absolute Gasteiger partial charge is 0.486 e. The molecule has 2 aromatic rings. The zero-order chi connectivity index (χ0) is 20.1. The maximum absolute atomic E-state index is 12.2. The number of fused-ring (bicyclic) bond motifs is 1. The molecule has 1 aromatic heterocycles. The molecule has 1 aromatic carbocycles. The second-order valence-corrected chi connectivity index (χ2v) is 7.20. The summed E-state index contributed by atoms with van der Waals surface area (Å²) >= 11 is 1.16. The molecular weight excluding hydrogens is 378 g/mol. The molecule has 1 aliphatic heterocycles. The van der Waals surface area contributed by atoms with Gasteiger partial charge in [-0.05, 0) is 32.0 Å². The van der Waals surface area contributed by atoms with E-state index in [0.717, 1.165) is 11.8 Å². The van der Waals surface area contributed by atoms with Crippen molar-refractivity contribution in [2.45, 2.75) is 25.0 Å². The highest BCUT2D eigenvalue weighted by molar-refractivity contribution is 8.00. The molecule has 0 fully saturated rings. The molecule has 1 unspecified atom stereocenters. The average molecular weight is 397 g/mol. The monoisotopic (exact) mass is 397 g/mol. The maximum Gasteiger partial charge on any atom is 0.230 e. The highest BCUT2D eigenvalue weighted by Gasteiger charge is 2.21. The molecule has 0 bridgehead atoms. The number of aromatic nitrogens is 1. The number of ketones is 1. The Morgan fingerprint density at radius 3 is 2.82 bits per heavy atom. The Morgan fingerprint density at radius 2 is 2.11 bits per heavy atom. The Balaban J connectivity index is 1.53. The Morgan fingerprint density at radius 1 is 1.36 bits per heavy atom. The quantitative estimate of drug-likeness (QED) is 0.590. The molecule has 2 heterocycles. The molecular formula is C20H19N3O4S. The smallest absolute Gasteiger partial charge is 0.230 e. The Bertz CT molecular complexity index is 955. The molecule has 0 saturated heterocycles. The van der Waals surface area contributed by atoms with E-state index in [4.69, 9.17) is 9.47 Å². The summed E-state index contributed by atoms with van der Waals surface area (Å²) in [6, 6.07) is 10.9. The van der Waals surface area contributed by atoms with E-state index < -0.39 is 0 Å². The molecule has 0 spiro atoms. The van der Waals surface area contributed by atoms with Crippen LogP contribution in [0.5, 0.6) is 11.5 Å². The molecule has 0 radical (unpaired) electrons. The third-order valence-corrected chi connectivity index (χ3v) is 5.10. The number of amides is 1. The Hall–Kier alpha value is -3.05. The van der Waals surface area contributed by atoms with Gasteiger partial charge in [-0.25, -0.2) is 4.98 Å². The molecule has 0 saturated carbocycles. The van der Waals surface area contributed by atoms with E-state index in [2.05, 4.69) is 10.3 Å². The van der Waals surface area contributed by atoms with E-state index in [1.807, 2.05) is 30.3 Å². The highest BCUT2D eigenvalue weighted by Crippen LogP contribution is 2.30. The first-order valence-corrected chi connectivity index (χ1v) is 9.67. The first kappa shape index (κ1) is 19.7. The lowest BCUT2D eigenvalue weighted by Crippen LogP contribution is -2.41. The van der Waals surface area contributed by atoms with Crippen LogP contribution < -0.4 is 14.8 Å². The van der Waals surface area contributed by atoms with Gasteiger partial charge in [0.2, 0.25) is 5.91 Å². The minimum absolute atomic E-state index is 0.102. The van der Waals surface area contributed by atoms with E-state index >= 15 is 0 Å². The molecule has 1 aliphatic rings. The molecule has 3 rings (SSSR count). The molecule has 1 amide bonds. The van der Waals surface area contributed by atoms with Crippen molar-refractivity contribution in [2.75, 3.05) is 18.9 Å². The predicted molar refractivity (Wildman–Crippen MR) is 104 cm³/mol. The van der Waals surface area contributed by atoms with Gasteiger partial charge in [0.05, 0.1) is 17.9 Å². The van der Waals surface area contributed by atoms with Crippen LogP contribution >= 0.6 is 11.8 Å². The van der Waals surface area contributed by atoms with Gasteiger partial charge in [0.15, 0.2) is 17.3 Å². The lowest BCUT2D eigenvalue weighted by Gasteiger charge is -2.26. The summed E-state index contributed by atoms with van der Waals surface area (Å²) in [4.78, 5) is 28.1. The number of para-hydroxylation sites is 2. The molecule has 0 aliphatic carbocycles. The lowest BCUT2D eigenvalue weighted by atomic mass is 10.1. The van der Waals surface area contributed by atoms with Crippen molar-refractivity contribution >= 4 is 23.5 Å². The normalized spacial score (nSPS) is 14.8. The zero-order valence-corrected chi connectivity index (χ0v) is 16.3. The van der Waals surface area contributed by atoms with Crippen molar-refractivity contribution in [3.8, 4) is 17.6 Å². The van der Waals surface area contributed by atoms with Crippen molar-refractivity contribution in [1.29, 1.82) is 5.26 Å². The molecule has 8 heteroatoms. The number of nitrogens with one attached hydrogen (secondary N) is 1. The standard InChI is InChI=1S/C20H19N3O4S/c1-12-16(13(2)24)7-14(8-21)20(23-12)28-11-19(25)22-9-15-10-26-17-5-3-4-6-18(17)27-15/h3-7,15H,9-11H2,1-2H3,(H,22,25). The number of carbonyl (C=O) groups is 2. The topological polar surface area (TPSA) is 101 Å². The zero-order valence-electron chi connectivity index (χ0n) is 15.5. The molecule has 7 nitrogen and oxygen atoms in total. The number of Topliss-reactive ketones (excluding diaryl/α,β-unsaturated/α-hetero) is 1. The van der Waals surface area contributed by atoms with Crippen molar-refractivity contribution < 1.29 is 19.1 Å². The van der Waals surface area contributed by atoms with Gasteiger partial charge in [0.25, 0.3) is 0 Å². The number of benzene rings is 1.